The molecule has 1 fully saturated rings. The standard InChI is InChI=1S/C23H25N5O3.ClH/c1-2-16-3-5-18(6-4-16)26-23(29)21-15-25-27(22(21)17-11-13-24-14-12-17)19-7-9-20(10-8-19)28(30)31;/h3-10,15,17,24H,2,11-14H2,1H3,(H,26,29);1H. The number of nitrogens with one attached hydrogen (secondary N) is 2. The first-order valence-electron chi connectivity index (χ1n) is 10.5. The number of nitro groups is 1. The van der Waals surface area contributed by atoms with Gasteiger partial charge in [-0.2, -0.15) is 5.10 Å². The SMILES string of the molecule is CCc1ccc(NC(=O)c2cnn(-c3ccc([N+](=O)[O-])cc3)c2C2CCNCC2)cc1.Cl. The van der Waals surface area contributed by atoms with Crippen molar-refractivity contribution in [2.24, 2.45) is 0 Å². The highest BCUT2D eigenvalue weighted by molar-refractivity contribution is 6.05. The van der Waals surface area contributed by atoms with E-state index in [0.29, 0.717) is 11.3 Å². The first-order valence-corrected chi connectivity index (χ1v) is 10.5. The van der Waals surface area contributed by atoms with Crippen LogP contribution in [0.5, 0.6) is 0 Å². The summed E-state index contributed by atoms with van der Waals surface area (Å²) in [6, 6.07) is 14.1. The molecule has 0 saturated carbocycles. The number of halogens is 1. The molecule has 1 amide bonds. The van der Waals surface area contributed by atoms with Crippen LogP contribution in [0.25, 0.3) is 5.69 Å². The summed E-state index contributed by atoms with van der Waals surface area (Å²) in [7, 11) is 0. The molecule has 0 atom stereocenters. The molecule has 9 heteroatoms. The number of aryl methyl sites for hydroxylation is 1. The zero-order chi connectivity index (χ0) is 21.8. The van der Waals surface area contributed by atoms with Crippen molar-refractivity contribution in [2.75, 3.05) is 18.4 Å². The number of hydrogen-bond donors (Lipinski definition) is 2. The van der Waals surface area contributed by atoms with Crippen molar-refractivity contribution in [3.8, 4) is 5.69 Å². The fourth-order valence-corrected chi connectivity index (χ4v) is 3.96. The van der Waals surface area contributed by atoms with E-state index >= 15 is 0 Å². The molecule has 32 heavy (non-hydrogen) atoms. The highest BCUT2D eigenvalue weighted by Crippen LogP contribution is 2.31. The molecule has 1 aliphatic rings. The summed E-state index contributed by atoms with van der Waals surface area (Å²) in [5.74, 6) is -0.0342. The average molecular weight is 456 g/mol. The van der Waals surface area contributed by atoms with Gasteiger partial charge < -0.3 is 10.6 Å². The quantitative estimate of drug-likeness (QED) is 0.421. The molecule has 2 aromatic carbocycles. The maximum atomic E-state index is 13.2. The van der Waals surface area contributed by atoms with Gasteiger partial charge in [-0.1, -0.05) is 19.1 Å². The van der Waals surface area contributed by atoms with Gasteiger partial charge in [0.05, 0.1) is 28.1 Å². The molecule has 0 radical (unpaired) electrons. The highest BCUT2D eigenvalue weighted by Gasteiger charge is 2.27. The van der Waals surface area contributed by atoms with Crippen LogP contribution in [0, 0.1) is 10.1 Å². The molecular weight excluding hydrogens is 430 g/mol. The Balaban J connectivity index is 0.00000289. The lowest BCUT2D eigenvalue weighted by molar-refractivity contribution is -0.384. The lowest BCUT2D eigenvalue weighted by Crippen LogP contribution is -2.29. The molecule has 3 aromatic rings. The van der Waals surface area contributed by atoms with Crippen molar-refractivity contribution in [3.05, 3.63) is 81.7 Å². The maximum Gasteiger partial charge on any atom is 0.269 e. The number of carbonyl (C=O) groups is 1. The monoisotopic (exact) mass is 455 g/mol. The Labute approximate surface area is 192 Å². The van der Waals surface area contributed by atoms with E-state index in [1.165, 1.54) is 17.7 Å². The Morgan fingerprint density at radius 2 is 1.81 bits per heavy atom. The Morgan fingerprint density at radius 1 is 1.16 bits per heavy atom. The predicted molar refractivity (Wildman–Crippen MR) is 126 cm³/mol. The van der Waals surface area contributed by atoms with Crippen LogP contribution in [0.15, 0.2) is 54.7 Å². The smallest absolute Gasteiger partial charge is 0.269 e. The third kappa shape index (κ3) is 4.98. The number of aromatic nitrogens is 2. The van der Waals surface area contributed by atoms with E-state index < -0.39 is 4.92 Å². The van der Waals surface area contributed by atoms with Crippen molar-refractivity contribution in [1.29, 1.82) is 0 Å². The number of carbonyl (C=O) groups excluding carboxylic acids is 1. The van der Waals surface area contributed by atoms with Crippen LogP contribution in [0.2, 0.25) is 0 Å². The topological polar surface area (TPSA) is 102 Å². The summed E-state index contributed by atoms with van der Waals surface area (Å²) in [5, 5.41) is 21.8. The van der Waals surface area contributed by atoms with Gasteiger partial charge in [0.1, 0.15) is 0 Å². The van der Waals surface area contributed by atoms with Gasteiger partial charge in [0.25, 0.3) is 11.6 Å². The van der Waals surface area contributed by atoms with Crippen molar-refractivity contribution in [2.45, 2.75) is 32.1 Å². The largest absolute Gasteiger partial charge is 0.322 e. The van der Waals surface area contributed by atoms with Gasteiger partial charge >= 0.3 is 0 Å². The van der Waals surface area contributed by atoms with Gasteiger partial charge in [0.2, 0.25) is 0 Å². The van der Waals surface area contributed by atoms with E-state index in [1.807, 2.05) is 24.3 Å². The second kappa shape index (κ2) is 10.4. The summed E-state index contributed by atoms with van der Waals surface area (Å²) in [6.45, 7) is 3.83. The van der Waals surface area contributed by atoms with Crippen LogP contribution in [0.4, 0.5) is 11.4 Å². The van der Waals surface area contributed by atoms with Crippen molar-refractivity contribution in [1.82, 2.24) is 15.1 Å². The van der Waals surface area contributed by atoms with Gasteiger partial charge in [-0.05, 0) is 62.2 Å². The lowest BCUT2D eigenvalue weighted by Gasteiger charge is -2.24. The molecule has 4 rings (SSSR count). The van der Waals surface area contributed by atoms with Crippen molar-refractivity contribution >= 4 is 29.7 Å². The van der Waals surface area contributed by atoms with E-state index in [-0.39, 0.29) is 29.9 Å². The first-order chi connectivity index (χ1) is 15.1. The summed E-state index contributed by atoms with van der Waals surface area (Å²) in [4.78, 5) is 23.7. The van der Waals surface area contributed by atoms with Crippen LogP contribution >= 0.6 is 12.4 Å². The fourth-order valence-electron chi connectivity index (χ4n) is 3.96. The minimum Gasteiger partial charge on any atom is -0.322 e. The number of hydrogen-bond acceptors (Lipinski definition) is 5. The van der Waals surface area contributed by atoms with Gasteiger partial charge in [-0.15, -0.1) is 12.4 Å². The first kappa shape index (κ1) is 23.4. The van der Waals surface area contributed by atoms with Crippen LogP contribution in [-0.2, 0) is 6.42 Å². The lowest BCUT2D eigenvalue weighted by atomic mass is 9.91. The Hall–Kier alpha value is -3.23. The number of nitro benzene ring substituents is 1. The second-order valence-electron chi connectivity index (χ2n) is 7.66. The van der Waals surface area contributed by atoms with Crippen LogP contribution in [0.1, 0.15) is 47.3 Å². The molecule has 2 N–H and O–H groups in total. The fraction of sp³-hybridized carbons (Fsp3) is 0.304. The number of benzene rings is 2. The van der Waals surface area contributed by atoms with E-state index in [2.05, 4.69) is 22.7 Å². The van der Waals surface area contributed by atoms with Gasteiger partial charge in [0.15, 0.2) is 0 Å². The van der Waals surface area contributed by atoms with Crippen LogP contribution < -0.4 is 10.6 Å². The number of non-ortho nitro benzene ring substituents is 1. The third-order valence-electron chi connectivity index (χ3n) is 5.70. The summed E-state index contributed by atoms with van der Waals surface area (Å²) >= 11 is 0. The molecule has 8 nitrogen and oxygen atoms in total. The summed E-state index contributed by atoms with van der Waals surface area (Å²) in [6.07, 6.45) is 4.32. The number of anilines is 1. The molecular formula is C23H26ClN5O3. The van der Waals surface area contributed by atoms with E-state index in [0.717, 1.165) is 43.7 Å². The molecule has 0 unspecified atom stereocenters. The van der Waals surface area contributed by atoms with Gasteiger partial charge in [0, 0.05) is 23.7 Å². The van der Waals surface area contributed by atoms with E-state index in [4.69, 9.17) is 0 Å². The van der Waals surface area contributed by atoms with E-state index in [9.17, 15) is 14.9 Å². The number of rotatable bonds is 6. The molecule has 1 saturated heterocycles. The minimum atomic E-state index is -0.427. The normalized spacial score (nSPS) is 13.9. The number of nitrogens with zero attached hydrogens (tertiary/aromatic N) is 3. The third-order valence-corrected chi connectivity index (χ3v) is 5.70. The Kier molecular flexibility index (Phi) is 7.61. The number of amides is 1. The number of piperidine rings is 1. The Bertz CT molecular complexity index is 1070. The molecule has 1 aromatic heterocycles. The zero-order valence-electron chi connectivity index (χ0n) is 17.8. The molecule has 1 aliphatic heterocycles. The van der Waals surface area contributed by atoms with Crippen molar-refractivity contribution in [3.63, 3.8) is 0 Å². The average Bonchev–Trinajstić information content (AvgIpc) is 3.25. The van der Waals surface area contributed by atoms with E-state index in [1.54, 1.807) is 23.0 Å². The van der Waals surface area contributed by atoms with Crippen LogP contribution in [0.3, 0.4) is 0 Å². The molecule has 0 aliphatic carbocycles. The summed E-state index contributed by atoms with van der Waals surface area (Å²) < 4.78 is 1.74. The molecule has 0 spiro atoms. The van der Waals surface area contributed by atoms with Gasteiger partial charge in [-0.3, -0.25) is 14.9 Å². The highest BCUT2D eigenvalue weighted by atomic mass is 35.5. The van der Waals surface area contributed by atoms with Crippen molar-refractivity contribution < 1.29 is 9.72 Å². The zero-order valence-corrected chi connectivity index (χ0v) is 18.6. The van der Waals surface area contributed by atoms with Gasteiger partial charge in [-0.25, -0.2) is 4.68 Å². The second-order valence-corrected chi connectivity index (χ2v) is 7.66. The maximum absolute atomic E-state index is 13.2. The molecule has 0 bridgehead atoms. The molecule has 168 valence electrons. The Morgan fingerprint density at radius 3 is 2.41 bits per heavy atom. The summed E-state index contributed by atoms with van der Waals surface area (Å²) in [5.41, 5.74) is 4.04. The van der Waals surface area contributed by atoms with Crippen LogP contribution in [-0.4, -0.2) is 33.7 Å². The predicted octanol–water partition coefficient (Wildman–Crippen LogP) is 4.48. The minimum absolute atomic E-state index is 0. The molecule has 2 heterocycles.